The molecule has 2 aromatic rings. The largest absolute Gasteiger partial charge is 0.481 e. The SMILES string of the molecule is Cc1nc(-c2nnc(SCC(=O)O)n2C)cs1. The third kappa shape index (κ3) is 2.64. The highest BCUT2D eigenvalue weighted by atomic mass is 32.2. The van der Waals surface area contributed by atoms with E-state index in [1.54, 1.807) is 23.0 Å². The van der Waals surface area contributed by atoms with Crippen LogP contribution in [0, 0.1) is 6.92 Å². The van der Waals surface area contributed by atoms with Crippen molar-refractivity contribution in [1.29, 1.82) is 0 Å². The summed E-state index contributed by atoms with van der Waals surface area (Å²) in [6.45, 7) is 1.92. The molecular weight excluding hydrogens is 260 g/mol. The molecule has 8 heteroatoms. The van der Waals surface area contributed by atoms with Crippen molar-refractivity contribution in [2.75, 3.05) is 5.75 Å². The maximum atomic E-state index is 10.5. The summed E-state index contributed by atoms with van der Waals surface area (Å²) in [6, 6.07) is 0. The Morgan fingerprint density at radius 1 is 1.59 bits per heavy atom. The van der Waals surface area contributed by atoms with Gasteiger partial charge in [-0.2, -0.15) is 0 Å². The van der Waals surface area contributed by atoms with E-state index in [0.29, 0.717) is 11.0 Å². The number of hydrogen-bond donors (Lipinski definition) is 1. The lowest BCUT2D eigenvalue weighted by molar-refractivity contribution is -0.133. The first kappa shape index (κ1) is 12.1. The first-order valence-corrected chi connectivity index (χ1v) is 6.61. The second kappa shape index (κ2) is 4.84. The zero-order valence-corrected chi connectivity index (χ0v) is 10.9. The van der Waals surface area contributed by atoms with Gasteiger partial charge in [0.25, 0.3) is 0 Å². The maximum absolute atomic E-state index is 10.5. The molecule has 0 radical (unpaired) electrons. The summed E-state index contributed by atoms with van der Waals surface area (Å²) in [5.41, 5.74) is 0.768. The Labute approximate surface area is 106 Å². The molecule has 17 heavy (non-hydrogen) atoms. The van der Waals surface area contributed by atoms with Gasteiger partial charge in [0.05, 0.1) is 10.8 Å². The molecule has 0 atom stereocenters. The van der Waals surface area contributed by atoms with Gasteiger partial charge < -0.3 is 9.67 Å². The summed E-state index contributed by atoms with van der Waals surface area (Å²) < 4.78 is 1.75. The van der Waals surface area contributed by atoms with Crippen LogP contribution in [0.5, 0.6) is 0 Å². The average molecular weight is 270 g/mol. The van der Waals surface area contributed by atoms with Gasteiger partial charge in [0.1, 0.15) is 5.69 Å². The van der Waals surface area contributed by atoms with Crippen molar-refractivity contribution in [3.8, 4) is 11.5 Å². The van der Waals surface area contributed by atoms with Crippen molar-refractivity contribution < 1.29 is 9.90 Å². The molecule has 0 bridgehead atoms. The minimum Gasteiger partial charge on any atom is -0.481 e. The van der Waals surface area contributed by atoms with Gasteiger partial charge in [-0.1, -0.05) is 11.8 Å². The quantitative estimate of drug-likeness (QED) is 0.846. The summed E-state index contributed by atoms with van der Waals surface area (Å²) in [4.78, 5) is 14.8. The number of carboxylic acids is 1. The molecular formula is C9H10N4O2S2. The third-order valence-corrected chi connectivity index (χ3v) is 3.79. The molecule has 0 aliphatic rings. The number of aliphatic carboxylic acids is 1. The molecule has 2 aromatic heterocycles. The van der Waals surface area contributed by atoms with Gasteiger partial charge in [-0.15, -0.1) is 21.5 Å². The number of rotatable bonds is 4. The predicted octanol–water partition coefficient (Wildman–Crippen LogP) is 1.42. The van der Waals surface area contributed by atoms with Crippen LogP contribution >= 0.6 is 23.1 Å². The van der Waals surface area contributed by atoms with Crippen LogP contribution in [0.3, 0.4) is 0 Å². The van der Waals surface area contributed by atoms with Crippen molar-refractivity contribution in [3.63, 3.8) is 0 Å². The highest BCUT2D eigenvalue weighted by Gasteiger charge is 2.14. The molecule has 0 aliphatic carbocycles. The van der Waals surface area contributed by atoms with Gasteiger partial charge >= 0.3 is 5.97 Å². The lowest BCUT2D eigenvalue weighted by atomic mass is 10.4. The van der Waals surface area contributed by atoms with E-state index < -0.39 is 5.97 Å². The lowest BCUT2D eigenvalue weighted by Crippen LogP contribution is -2.01. The van der Waals surface area contributed by atoms with E-state index in [0.717, 1.165) is 22.5 Å². The Morgan fingerprint density at radius 3 is 2.94 bits per heavy atom. The van der Waals surface area contributed by atoms with Crippen LogP contribution in [0.4, 0.5) is 0 Å². The third-order valence-electron chi connectivity index (χ3n) is 2.01. The molecule has 90 valence electrons. The first-order chi connectivity index (χ1) is 8.08. The van der Waals surface area contributed by atoms with Crippen molar-refractivity contribution in [1.82, 2.24) is 19.7 Å². The number of nitrogens with zero attached hydrogens (tertiary/aromatic N) is 4. The minimum absolute atomic E-state index is 0.0257. The first-order valence-electron chi connectivity index (χ1n) is 4.74. The topological polar surface area (TPSA) is 80.9 Å². The Balaban J connectivity index is 2.23. The van der Waals surface area contributed by atoms with Gasteiger partial charge in [0.2, 0.25) is 0 Å². The van der Waals surface area contributed by atoms with Crippen LogP contribution in [0.1, 0.15) is 5.01 Å². The highest BCUT2D eigenvalue weighted by Crippen LogP contribution is 2.23. The summed E-state index contributed by atoms with van der Waals surface area (Å²) >= 11 is 2.69. The van der Waals surface area contributed by atoms with Gasteiger partial charge in [0, 0.05) is 12.4 Å². The molecule has 0 aliphatic heterocycles. The lowest BCUT2D eigenvalue weighted by Gasteiger charge is -1.99. The summed E-state index contributed by atoms with van der Waals surface area (Å²) in [5, 5.41) is 20.0. The second-order valence-corrected chi connectivity index (χ2v) is 5.30. The van der Waals surface area contributed by atoms with E-state index in [9.17, 15) is 4.79 Å². The fourth-order valence-electron chi connectivity index (χ4n) is 1.26. The molecule has 0 spiro atoms. The molecule has 2 heterocycles. The number of carbonyl (C=O) groups is 1. The fourth-order valence-corrected chi connectivity index (χ4v) is 2.48. The maximum Gasteiger partial charge on any atom is 0.313 e. The number of thioether (sulfide) groups is 1. The fraction of sp³-hybridized carbons (Fsp3) is 0.333. The van der Waals surface area contributed by atoms with Crippen LogP contribution in [-0.4, -0.2) is 36.6 Å². The van der Waals surface area contributed by atoms with Gasteiger partial charge in [-0.05, 0) is 6.92 Å². The van der Waals surface area contributed by atoms with Gasteiger partial charge in [-0.25, -0.2) is 4.98 Å². The number of aromatic nitrogens is 4. The average Bonchev–Trinajstić information content (AvgIpc) is 2.82. The molecule has 0 saturated carbocycles. The zero-order chi connectivity index (χ0) is 12.4. The number of thiazole rings is 1. The molecule has 0 aromatic carbocycles. The van der Waals surface area contributed by atoms with Crippen LogP contribution < -0.4 is 0 Å². The van der Waals surface area contributed by atoms with E-state index in [1.165, 1.54) is 0 Å². The molecule has 1 N–H and O–H groups in total. The molecule has 2 rings (SSSR count). The highest BCUT2D eigenvalue weighted by molar-refractivity contribution is 7.99. The van der Waals surface area contributed by atoms with Crippen molar-refractivity contribution in [3.05, 3.63) is 10.4 Å². The molecule has 0 saturated heterocycles. The number of aryl methyl sites for hydroxylation is 1. The number of hydrogen-bond acceptors (Lipinski definition) is 6. The van der Waals surface area contributed by atoms with Crippen molar-refractivity contribution in [2.24, 2.45) is 7.05 Å². The van der Waals surface area contributed by atoms with E-state index in [-0.39, 0.29) is 5.75 Å². The number of carboxylic acid groups (broad SMARTS) is 1. The monoisotopic (exact) mass is 270 g/mol. The summed E-state index contributed by atoms with van der Waals surface area (Å²) in [6.07, 6.45) is 0. The molecule has 0 unspecified atom stereocenters. The van der Waals surface area contributed by atoms with Gasteiger partial charge in [0.15, 0.2) is 11.0 Å². The van der Waals surface area contributed by atoms with E-state index in [1.807, 2.05) is 12.3 Å². The normalized spacial score (nSPS) is 10.7. The summed E-state index contributed by atoms with van der Waals surface area (Å²) in [7, 11) is 1.80. The Morgan fingerprint density at radius 2 is 2.35 bits per heavy atom. The van der Waals surface area contributed by atoms with E-state index in [2.05, 4.69) is 15.2 Å². The van der Waals surface area contributed by atoms with Crippen LogP contribution in [0.25, 0.3) is 11.5 Å². The molecule has 6 nitrogen and oxygen atoms in total. The Bertz CT molecular complexity index is 549. The standard InChI is InChI=1S/C9H10N4O2S2/c1-5-10-6(3-16-5)8-11-12-9(13(8)2)17-4-7(14)15/h3H,4H2,1-2H3,(H,14,15). The van der Waals surface area contributed by atoms with E-state index >= 15 is 0 Å². The van der Waals surface area contributed by atoms with Crippen LogP contribution in [0.2, 0.25) is 0 Å². The molecule has 0 fully saturated rings. The second-order valence-electron chi connectivity index (χ2n) is 3.30. The van der Waals surface area contributed by atoms with E-state index in [4.69, 9.17) is 5.11 Å². The van der Waals surface area contributed by atoms with Crippen molar-refractivity contribution >= 4 is 29.1 Å². The summed E-state index contributed by atoms with van der Waals surface area (Å²) in [5.74, 6) is -0.242. The van der Waals surface area contributed by atoms with Crippen LogP contribution in [0.15, 0.2) is 10.5 Å². The van der Waals surface area contributed by atoms with Gasteiger partial charge in [-0.3, -0.25) is 4.79 Å². The Kier molecular flexibility index (Phi) is 3.43. The zero-order valence-electron chi connectivity index (χ0n) is 9.25. The minimum atomic E-state index is -0.871. The van der Waals surface area contributed by atoms with Crippen LogP contribution in [-0.2, 0) is 11.8 Å². The molecule has 0 amide bonds. The smallest absolute Gasteiger partial charge is 0.313 e. The predicted molar refractivity (Wildman–Crippen MR) is 65.2 cm³/mol. The van der Waals surface area contributed by atoms with Crippen molar-refractivity contribution in [2.45, 2.75) is 12.1 Å². The Hall–Kier alpha value is -1.41.